The number of phenolic OH excluding ortho intramolecular Hbond substituents is 10. The predicted molar refractivity (Wildman–Crippen MR) is 183 cm³/mol. The number of aromatic hydroxyl groups is 10. The van der Waals surface area contributed by atoms with Gasteiger partial charge in [-0.2, -0.15) is 0 Å². The molecule has 0 bridgehead atoms. The molecule has 2 heterocycles. The second-order valence-electron chi connectivity index (χ2n) is 12.5. The fraction of sp³-hybridized carbons (Fsp3) is 0.189. The van der Waals surface area contributed by atoms with E-state index in [1.807, 2.05) is 30.3 Å². The Morgan fingerprint density at radius 2 is 1.04 bits per heavy atom. The number of fused-ring (bicyclic) bond motifs is 2. The molecule has 0 fully saturated rings. The van der Waals surface area contributed by atoms with Crippen LogP contribution in [0.5, 0.6) is 69.0 Å². The van der Waals surface area contributed by atoms with Crippen LogP contribution in [0.2, 0.25) is 0 Å². The number of thioether (sulfide) groups is 1. The number of hydrogen-bond acceptors (Lipinski definition) is 15. The topological polar surface area (TPSA) is 261 Å². The molecule has 270 valence electrons. The molecule has 6 atom stereocenters. The molecule has 12 N–H and O–H groups in total. The lowest BCUT2D eigenvalue weighted by molar-refractivity contribution is 0.000497. The van der Waals surface area contributed by atoms with Gasteiger partial charge in [0.1, 0.15) is 46.7 Å². The first-order chi connectivity index (χ1) is 24.7. The molecule has 0 saturated carbocycles. The van der Waals surface area contributed by atoms with Gasteiger partial charge in [-0.25, -0.2) is 0 Å². The van der Waals surface area contributed by atoms with Crippen LogP contribution in [-0.4, -0.2) is 73.5 Å². The Morgan fingerprint density at radius 1 is 0.519 bits per heavy atom. The number of ether oxygens (including phenoxy) is 2. The van der Waals surface area contributed by atoms with E-state index in [1.54, 1.807) is 0 Å². The standard InChI is InChI=1S/C37H32O14S/c38-17-10-18(39)26-25(11-17)50-34(15-6-21(42)30(46)22(43)7-15)32(48)29(26)27-19(40)12-20(41)28-36(27)51-35(16-8-23(44)31(47)24(45)9-16)33(49)37(28)52-13-14-4-2-1-3-5-14/h1-12,29,32-35,37-49H,13H2. The highest BCUT2D eigenvalue weighted by Crippen LogP contribution is 2.61. The third-order valence-electron chi connectivity index (χ3n) is 9.21. The summed E-state index contributed by atoms with van der Waals surface area (Å²) >= 11 is 1.19. The maximum Gasteiger partial charge on any atom is 0.200 e. The molecule has 0 aromatic heterocycles. The van der Waals surface area contributed by atoms with Crippen molar-refractivity contribution in [3.63, 3.8) is 0 Å². The SMILES string of the molecule is Oc1cc(O)c2c(c1)OC(c1cc(O)c(O)c(O)c1)C(O)C2c1c(O)cc(O)c2c1OC(c1cc(O)c(O)c(O)c1)C(O)C2SCc1ccccc1. The van der Waals surface area contributed by atoms with E-state index in [9.17, 15) is 61.3 Å². The minimum Gasteiger partial charge on any atom is -0.508 e. The number of aliphatic hydroxyl groups is 2. The first-order valence-corrected chi connectivity index (χ1v) is 16.8. The third-order valence-corrected chi connectivity index (χ3v) is 10.6. The average molecular weight is 733 g/mol. The molecule has 0 amide bonds. The molecule has 2 aliphatic heterocycles. The van der Waals surface area contributed by atoms with Crippen molar-refractivity contribution < 1.29 is 70.8 Å². The van der Waals surface area contributed by atoms with Gasteiger partial charge in [-0.05, 0) is 29.8 Å². The molecular weight excluding hydrogens is 700 g/mol. The van der Waals surface area contributed by atoms with Crippen molar-refractivity contribution in [2.75, 3.05) is 0 Å². The lowest BCUT2D eigenvalue weighted by Gasteiger charge is -2.42. The number of hydrogen-bond donors (Lipinski definition) is 12. The van der Waals surface area contributed by atoms with Gasteiger partial charge in [0.05, 0.1) is 16.7 Å². The van der Waals surface area contributed by atoms with E-state index < -0.39 is 93.1 Å². The fourth-order valence-corrected chi connectivity index (χ4v) is 8.12. The number of rotatable bonds is 6. The van der Waals surface area contributed by atoms with Crippen LogP contribution in [0.3, 0.4) is 0 Å². The van der Waals surface area contributed by atoms with Crippen LogP contribution in [0, 0.1) is 0 Å². The maximum atomic E-state index is 12.1. The van der Waals surface area contributed by atoms with Crippen molar-refractivity contribution in [1.29, 1.82) is 0 Å². The van der Waals surface area contributed by atoms with Crippen molar-refractivity contribution in [2.45, 2.75) is 41.3 Å². The maximum absolute atomic E-state index is 12.1. The van der Waals surface area contributed by atoms with E-state index in [-0.39, 0.29) is 39.3 Å². The summed E-state index contributed by atoms with van der Waals surface area (Å²) in [4.78, 5) is 0. The summed E-state index contributed by atoms with van der Waals surface area (Å²) in [6.45, 7) is 0. The molecule has 2 aliphatic rings. The molecule has 0 aliphatic carbocycles. The van der Waals surface area contributed by atoms with E-state index in [4.69, 9.17) is 9.47 Å². The molecule has 0 saturated heterocycles. The van der Waals surface area contributed by atoms with Gasteiger partial charge in [0.15, 0.2) is 46.7 Å². The Bertz CT molecular complexity index is 2150. The van der Waals surface area contributed by atoms with Gasteiger partial charge < -0.3 is 70.8 Å². The van der Waals surface area contributed by atoms with E-state index >= 15 is 0 Å². The van der Waals surface area contributed by atoms with Crippen molar-refractivity contribution in [1.82, 2.24) is 0 Å². The van der Waals surface area contributed by atoms with Crippen LogP contribution < -0.4 is 9.47 Å². The highest BCUT2D eigenvalue weighted by Gasteiger charge is 2.48. The minimum atomic E-state index is -1.79. The van der Waals surface area contributed by atoms with Gasteiger partial charge >= 0.3 is 0 Å². The summed E-state index contributed by atoms with van der Waals surface area (Å²) in [5.41, 5.74) is 0.392. The number of phenols is 10. The fourth-order valence-electron chi connectivity index (χ4n) is 6.82. The molecule has 14 nitrogen and oxygen atoms in total. The van der Waals surface area contributed by atoms with E-state index in [1.165, 1.54) is 11.8 Å². The van der Waals surface area contributed by atoms with E-state index in [0.717, 1.165) is 48.0 Å². The van der Waals surface area contributed by atoms with E-state index in [0.29, 0.717) is 5.75 Å². The molecule has 7 rings (SSSR count). The minimum absolute atomic E-state index is 0.0142. The number of aliphatic hydroxyl groups excluding tert-OH is 2. The molecule has 52 heavy (non-hydrogen) atoms. The highest BCUT2D eigenvalue weighted by molar-refractivity contribution is 7.98. The molecule has 6 unspecified atom stereocenters. The Morgan fingerprint density at radius 3 is 1.62 bits per heavy atom. The van der Waals surface area contributed by atoms with Gasteiger partial charge in [0.25, 0.3) is 0 Å². The highest BCUT2D eigenvalue weighted by atomic mass is 32.2. The lowest BCUT2D eigenvalue weighted by Crippen LogP contribution is -2.37. The summed E-state index contributed by atoms with van der Waals surface area (Å²) in [6, 6.07) is 16.4. The van der Waals surface area contributed by atoms with Gasteiger partial charge in [-0.3, -0.25) is 0 Å². The van der Waals surface area contributed by atoms with Crippen LogP contribution in [-0.2, 0) is 5.75 Å². The zero-order chi connectivity index (χ0) is 37.2. The third kappa shape index (κ3) is 5.74. The van der Waals surface area contributed by atoms with Gasteiger partial charge in [-0.15, -0.1) is 11.8 Å². The average Bonchev–Trinajstić information content (AvgIpc) is 3.09. The van der Waals surface area contributed by atoms with Crippen LogP contribution in [0.25, 0.3) is 0 Å². The Balaban J connectivity index is 1.46. The Kier molecular flexibility index (Phi) is 8.57. The normalized spacial score (nSPS) is 22.1. The van der Waals surface area contributed by atoms with Gasteiger partial charge in [0, 0.05) is 46.2 Å². The zero-order valence-electron chi connectivity index (χ0n) is 26.7. The molecule has 15 heteroatoms. The molecule has 5 aromatic rings. The van der Waals surface area contributed by atoms with Crippen LogP contribution in [0.4, 0.5) is 0 Å². The Hall–Kier alpha value is -6.03. The smallest absolute Gasteiger partial charge is 0.200 e. The molecule has 0 radical (unpaired) electrons. The van der Waals surface area contributed by atoms with Gasteiger partial charge in [0.2, 0.25) is 0 Å². The summed E-state index contributed by atoms with van der Waals surface area (Å²) in [6.07, 6.45) is -6.23. The van der Waals surface area contributed by atoms with E-state index in [2.05, 4.69) is 0 Å². The summed E-state index contributed by atoms with van der Waals surface area (Å²) in [7, 11) is 0. The first-order valence-electron chi connectivity index (χ1n) is 15.7. The van der Waals surface area contributed by atoms with Gasteiger partial charge in [-0.1, -0.05) is 30.3 Å². The summed E-state index contributed by atoms with van der Waals surface area (Å²) < 4.78 is 12.3. The van der Waals surface area contributed by atoms with Crippen LogP contribution in [0.15, 0.2) is 72.8 Å². The summed E-state index contributed by atoms with van der Waals surface area (Å²) in [5.74, 6) is -8.46. The van der Waals surface area contributed by atoms with Crippen LogP contribution >= 0.6 is 11.8 Å². The van der Waals surface area contributed by atoms with Crippen molar-refractivity contribution in [2.24, 2.45) is 0 Å². The van der Waals surface area contributed by atoms with Crippen molar-refractivity contribution in [3.05, 3.63) is 106 Å². The molecule has 0 spiro atoms. The largest absolute Gasteiger partial charge is 0.508 e. The van der Waals surface area contributed by atoms with Crippen LogP contribution in [0.1, 0.15) is 56.8 Å². The zero-order valence-corrected chi connectivity index (χ0v) is 27.5. The predicted octanol–water partition coefficient (Wildman–Crippen LogP) is 4.84. The second-order valence-corrected chi connectivity index (χ2v) is 13.6. The number of benzene rings is 5. The second kappa shape index (κ2) is 12.9. The first kappa shape index (κ1) is 34.4. The quantitative estimate of drug-likeness (QED) is 0.104. The Labute approximate surface area is 298 Å². The van der Waals surface area contributed by atoms with Crippen molar-refractivity contribution in [3.8, 4) is 69.0 Å². The summed E-state index contributed by atoms with van der Waals surface area (Å²) in [5, 5.41) is 129. The van der Waals surface area contributed by atoms with Crippen molar-refractivity contribution >= 4 is 11.8 Å². The molecule has 5 aromatic carbocycles. The monoisotopic (exact) mass is 732 g/mol. The lowest BCUT2D eigenvalue weighted by atomic mass is 9.77. The molecular formula is C37H32O14S.